The Kier molecular flexibility index (Phi) is 8.15. The van der Waals surface area contributed by atoms with Gasteiger partial charge in [-0.05, 0) is 0 Å². The van der Waals surface area contributed by atoms with Crippen molar-refractivity contribution in [2.45, 2.75) is 105 Å². The minimum absolute atomic E-state index is 0.133. The average molecular weight is 832 g/mol. The van der Waals surface area contributed by atoms with Crippen LogP contribution >= 0.6 is 0 Å². The second kappa shape index (κ2) is 11.1. The fraction of sp³-hybridized carbons (Fsp3) is 0.408. The van der Waals surface area contributed by atoms with Gasteiger partial charge >= 0.3 is 301 Å². The first-order chi connectivity index (χ1) is 23.0. The molecule has 0 spiro atoms. The van der Waals surface area contributed by atoms with E-state index in [1.54, 1.807) is 0 Å². The molecule has 2 aliphatic carbocycles. The third-order valence-corrected chi connectivity index (χ3v) is 57.5. The van der Waals surface area contributed by atoms with Crippen LogP contribution in [0.25, 0.3) is 34.4 Å². The summed E-state index contributed by atoms with van der Waals surface area (Å²) in [5.74, 6) is 1.03. The Labute approximate surface area is 299 Å². The predicted octanol–water partition coefficient (Wildman–Crippen LogP) is 14.9. The summed E-state index contributed by atoms with van der Waals surface area (Å²) < 4.78 is 14.5. The normalized spacial score (nSPS) is 19.6. The van der Waals surface area contributed by atoms with Crippen molar-refractivity contribution < 1.29 is 15.1 Å². The van der Waals surface area contributed by atoms with E-state index in [9.17, 15) is 0 Å². The Balaban J connectivity index is 1.57. The van der Waals surface area contributed by atoms with Gasteiger partial charge < -0.3 is 0 Å². The Morgan fingerprint density at radius 3 is 1.18 bits per heavy atom. The molecule has 4 aromatic rings. The molecule has 2 unspecified atom stereocenters. The van der Waals surface area contributed by atoms with Crippen LogP contribution in [-0.2, 0) is 25.9 Å². The SMILES string of the molecule is [CH2]=[Hf]([CH3])([CH3])([CH2]C(C)C)([CH2]C(C)C)([CH]1C=Cc2c(-c3ccc(C(C)(C)C)cc3)cccc21)[CH]1C=Cc2c(-c3ccc(C(C)(C)C)cc3)cccc21. The van der Waals surface area contributed by atoms with Crippen LogP contribution in [0, 0.1) is 11.8 Å². The molecule has 0 nitrogen and oxygen atoms in total. The summed E-state index contributed by atoms with van der Waals surface area (Å²) in [4.78, 5) is 0. The van der Waals surface area contributed by atoms with Crippen LogP contribution in [0.1, 0.15) is 110 Å². The van der Waals surface area contributed by atoms with Gasteiger partial charge in [-0.15, -0.1) is 0 Å². The fourth-order valence-corrected chi connectivity index (χ4v) is 64.3. The molecule has 0 saturated carbocycles. The summed E-state index contributed by atoms with van der Waals surface area (Å²) in [7, 11) is 0. The quantitative estimate of drug-likeness (QED) is 0.155. The molecule has 0 aromatic heterocycles. The van der Waals surface area contributed by atoms with Gasteiger partial charge in [0.15, 0.2) is 0 Å². The monoisotopic (exact) mass is 832 g/mol. The molecule has 0 radical (unpaired) electrons. The standard InChI is InChI=1S/2C19H19.2C4H9.2CH3.CH2.Hf/c2*1-19(2,3)16-12-10-15(11-13-16)18-9-5-7-14-6-4-8-17(14)18;2*1-4(2)3;;;;/h2*4-13H,1-3H3;2*4H,1H2,2-3H3;2*1H3;1H2;. The van der Waals surface area contributed by atoms with E-state index >= 15 is 0 Å². The molecule has 0 N–H and O–H groups in total. The minimum atomic E-state index is -5.50. The van der Waals surface area contributed by atoms with E-state index in [1.807, 2.05) is 0 Å². The van der Waals surface area contributed by atoms with Crippen LogP contribution in [0.3, 0.4) is 0 Å². The van der Waals surface area contributed by atoms with Crippen LogP contribution in [-0.4, -0.2) is 4.26 Å². The number of allylic oxidation sites excluding steroid dienone is 2. The third-order valence-electron chi connectivity index (χ3n) is 13.6. The number of hydrogen-bond donors (Lipinski definition) is 0. The zero-order valence-corrected chi connectivity index (χ0v) is 36.9. The van der Waals surface area contributed by atoms with E-state index in [4.69, 9.17) is 4.26 Å². The Morgan fingerprint density at radius 2 is 0.880 bits per heavy atom. The molecular weight excluding hydrogens is 767 g/mol. The molecule has 2 aliphatic rings. The van der Waals surface area contributed by atoms with Crippen LogP contribution in [0.2, 0.25) is 17.7 Å². The van der Waals surface area contributed by atoms with Crippen molar-refractivity contribution in [3.63, 3.8) is 0 Å². The first kappa shape index (κ1) is 36.9. The number of hydrogen-bond acceptors (Lipinski definition) is 0. The maximum absolute atomic E-state index is 5.99. The molecule has 0 bridgehead atoms. The molecule has 0 heterocycles. The molecular formula is C49H64Hf. The summed E-state index contributed by atoms with van der Waals surface area (Å²) in [5.41, 5.74) is 14.1. The molecule has 0 aliphatic heterocycles. The summed E-state index contributed by atoms with van der Waals surface area (Å²) in [5, 5.41) is 0. The average Bonchev–Trinajstić information content (AvgIpc) is 3.66. The van der Waals surface area contributed by atoms with Crippen molar-refractivity contribution in [2.75, 3.05) is 0 Å². The van der Waals surface area contributed by atoms with Gasteiger partial charge in [0.2, 0.25) is 0 Å². The van der Waals surface area contributed by atoms with Crippen LogP contribution in [0.4, 0.5) is 0 Å². The maximum atomic E-state index is 5.99. The fourth-order valence-electron chi connectivity index (χ4n) is 12.4. The molecule has 0 amide bonds. The first-order valence-electron chi connectivity index (χ1n) is 19.4. The number of fused-ring (bicyclic) bond motifs is 2. The molecule has 0 saturated heterocycles. The van der Waals surface area contributed by atoms with Gasteiger partial charge in [0.05, 0.1) is 0 Å². The van der Waals surface area contributed by atoms with Crippen molar-refractivity contribution in [3.8, 4) is 22.3 Å². The molecule has 0 fully saturated rings. The molecule has 264 valence electrons. The summed E-state index contributed by atoms with van der Waals surface area (Å²) in [6, 6.07) is 32.9. The summed E-state index contributed by atoms with van der Waals surface area (Å²) in [6.45, 7) is 23.6. The molecule has 1 heteroatoms. The van der Waals surface area contributed by atoms with E-state index in [0.717, 1.165) is 0 Å². The molecule has 4 aromatic carbocycles. The van der Waals surface area contributed by atoms with Crippen LogP contribution in [0.5, 0.6) is 0 Å². The third kappa shape index (κ3) is 5.79. The van der Waals surface area contributed by atoms with Gasteiger partial charge in [0.1, 0.15) is 0 Å². The van der Waals surface area contributed by atoms with E-state index in [-0.39, 0.29) is 18.2 Å². The van der Waals surface area contributed by atoms with Crippen molar-refractivity contribution in [1.82, 2.24) is 0 Å². The zero-order chi connectivity index (χ0) is 36.6. The van der Waals surface area contributed by atoms with Gasteiger partial charge in [-0.1, -0.05) is 0 Å². The van der Waals surface area contributed by atoms with Crippen molar-refractivity contribution >= 4 is 16.4 Å². The Hall–Kier alpha value is -2.90. The first-order valence-corrected chi connectivity index (χ1v) is 38.3. The van der Waals surface area contributed by atoms with Gasteiger partial charge in [-0.25, -0.2) is 0 Å². The van der Waals surface area contributed by atoms with Crippen molar-refractivity contribution in [1.29, 1.82) is 0 Å². The van der Waals surface area contributed by atoms with Gasteiger partial charge in [0.25, 0.3) is 0 Å². The summed E-state index contributed by atoms with van der Waals surface area (Å²) in [6.07, 6.45) is 10.2. The van der Waals surface area contributed by atoms with E-state index in [2.05, 4.69) is 188 Å². The molecule has 6 rings (SSSR count). The van der Waals surface area contributed by atoms with Gasteiger partial charge in [-0.2, -0.15) is 0 Å². The predicted molar refractivity (Wildman–Crippen MR) is 223 cm³/mol. The molecule has 50 heavy (non-hydrogen) atoms. The van der Waals surface area contributed by atoms with Crippen LogP contribution in [0.15, 0.2) is 97.1 Å². The van der Waals surface area contributed by atoms with E-state index in [1.165, 1.54) is 64.0 Å². The van der Waals surface area contributed by atoms with Gasteiger partial charge in [0, 0.05) is 0 Å². The van der Waals surface area contributed by atoms with Crippen molar-refractivity contribution in [3.05, 3.63) is 130 Å². The Morgan fingerprint density at radius 1 is 0.540 bits per heavy atom. The number of benzene rings is 4. The topological polar surface area (TPSA) is 0 Å². The van der Waals surface area contributed by atoms with Crippen molar-refractivity contribution in [2.24, 2.45) is 11.8 Å². The van der Waals surface area contributed by atoms with E-state index < -0.39 is 15.1 Å². The summed E-state index contributed by atoms with van der Waals surface area (Å²) >= 11 is -5.50. The van der Waals surface area contributed by atoms with E-state index in [0.29, 0.717) is 11.8 Å². The number of rotatable bonds is 8. The van der Waals surface area contributed by atoms with Crippen LogP contribution < -0.4 is 0 Å². The molecule has 2 atom stereocenters. The zero-order valence-electron chi connectivity index (χ0n) is 33.3. The second-order valence-electron chi connectivity index (χ2n) is 22.1. The Bertz CT molecular complexity index is 1990. The second-order valence-corrected chi connectivity index (χ2v) is 72.0. The van der Waals surface area contributed by atoms with Gasteiger partial charge in [-0.3, -0.25) is 0 Å².